The van der Waals surface area contributed by atoms with Crippen molar-refractivity contribution in [3.05, 3.63) is 36.2 Å². The van der Waals surface area contributed by atoms with Crippen molar-refractivity contribution in [1.29, 1.82) is 0 Å². The van der Waals surface area contributed by atoms with Crippen molar-refractivity contribution in [3.63, 3.8) is 0 Å². The van der Waals surface area contributed by atoms with Crippen LogP contribution in [0.2, 0.25) is 0 Å². The lowest BCUT2D eigenvalue weighted by Gasteiger charge is -1.87. The lowest BCUT2D eigenvalue weighted by atomic mass is 10.2. The summed E-state index contributed by atoms with van der Waals surface area (Å²) < 4.78 is 12.0. The number of halogens is 1. The molecular formula is C9H13F. The first-order valence-corrected chi connectivity index (χ1v) is 3.36. The van der Waals surface area contributed by atoms with Gasteiger partial charge < -0.3 is 0 Å². The Hall–Kier alpha value is -0.850. The summed E-state index contributed by atoms with van der Waals surface area (Å²) >= 11 is 0. The standard InChI is InChI=1S/C9H13F/c1-4-5-8(2)6-7-9(3)10/h5-7H,3-4H2,1-2H3/b7-6-,8-5-. The molecule has 0 saturated carbocycles. The largest absolute Gasteiger partial charge is 0.208 e. The van der Waals surface area contributed by atoms with E-state index >= 15 is 0 Å². The minimum Gasteiger partial charge on any atom is -0.208 e. The Morgan fingerprint density at radius 2 is 2.10 bits per heavy atom. The van der Waals surface area contributed by atoms with E-state index in [2.05, 4.69) is 6.58 Å². The number of allylic oxidation sites excluding steroid dienone is 5. The molecule has 0 radical (unpaired) electrons. The quantitative estimate of drug-likeness (QED) is 0.527. The Kier molecular flexibility index (Phi) is 4.55. The van der Waals surface area contributed by atoms with Gasteiger partial charge in [0.15, 0.2) is 0 Å². The fourth-order valence-electron chi connectivity index (χ4n) is 0.612. The van der Waals surface area contributed by atoms with E-state index in [0.717, 1.165) is 12.0 Å². The van der Waals surface area contributed by atoms with Crippen LogP contribution in [0.25, 0.3) is 0 Å². The fourth-order valence-corrected chi connectivity index (χ4v) is 0.612. The van der Waals surface area contributed by atoms with Crippen molar-refractivity contribution in [2.75, 3.05) is 0 Å². The molecule has 0 aromatic carbocycles. The lowest BCUT2D eigenvalue weighted by molar-refractivity contribution is 0.671. The summed E-state index contributed by atoms with van der Waals surface area (Å²) in [5, 5.41) is 0. The Morgan fingerprint density at radius 3 is 2.50 bits per heavy atom. The smallest absolute Gasteiger partial charge is 0.116 e. The third-order valence-corrected chi connectivity index (χ3v) is 1.05. The summed E-state index contributed by atoms with van der Waals surface area (Å²) in [4.78, 5) is 0. The Labute approximate surface area is 61.8 Å². The van der Waals surface area contributed by atoms with Gasteiger partial charge in [-0.2, -0.15) is 0 Å². The van der Waals surface area contributed by atoms with E-state index < -0.39 is 5.83 Å². The number of hydrogen-bond acceptors (Lipinski definition) is 0. The molecule has 0 unspecified atom stereocenters. The second-order valence-electron chi connectivity index (χ2n) is 2.14. The van der Waals surface area contributed by atoms with Gasteiger partial charge in [0.05, 0.1) is 0 Å². The highest BCUT2D eigenvalue weighted by atomic mass is 19.1. The van der Waals surface area contributed by atoms with Gasteiger partial charge >= 0.3 is 0 Å². The molecule has 0 rings (SSSR count). The summed E-state index contributed by atoms with van der Waals surface area (Å²) in [6.45, 7) is 7.08. The first kappa shape index (κ1) is 9.15. The van der Waals surface area contributed by atoms with Crippen molar-refractivity contribution >= 4 is 0 Å². The zero-order chi connectivity index (χ0) is 7.98. The van der Waals surface area contributed by atoms with Gasteiger partial charge in [0.25, 0.3) is 0 Å². The average Bonchev–Trinajstić information content (AvgIpc) is 1.85. The zero-order valence-corrected chi connectivity index (χ0v) is 6.52. The predicted octanol–water partition coefficient (Wildman–Crippen LogP) is 3.38. The maximum atomic E-state index is 12.0. The first-order chi connectivity index (χ1) is 4.66. The molecule has 0 aliphatic carbocycles. The van der Waals surface area contributed by atoms with Crippen molar-refractivity contribution in [1.82, 2.24) is 0 Å². The number of hydrogen-bond donors (Lipinski definition) is 0. The highest BCUT2D eigenvalue weighted by Gasteiger charge is 1.80. The van der Waals surface area contributed by atoms with Crippen LogP contribution in [-0.2, 0) is 0 Å². The summed E-state index contributed by atoms with van der Waals surface area (Å²) in [5.41, 5.74) is 1.07. The molecule has 0 N–H and O–H groups in total. The molecule has 0 aromatic rings. The van der Waals surface area contributed by atoms with E-state index in [0.29, 0.717) is 0 Å². The van der Waals surface area contributed by atoms with Crippen LogP contribution in [0, 0.1) is 0 Å². The van der Waals surface area contributed by atoms with Gasteiger partial charge in [0, 0.05) is 0 Å². The van der Waals surface area contributed by atoms with E-state index in [4.69, 9.17) is 0 Å². The van der Waals surface area contributed by atoms with E-state index in [1.54, 1.807) is 6.08 Å². The Morgan fingerprint density at radius 1 is 1.50 bits per heavy atom. The minimum absolute atomic E-state index is 0.399. The Balaban J connectivity index is 3.89. The second kappa shape index (κ2) is 4.98. The van der Waals surface area contributed by atoms with E-state index in [9.17, 15) is 4.39 Å². The monoisotopic (exact) mass is 140 g/mol. The van der Waals surface area contributed by atoms with Crippen LogP contribution in [0.1, 0.15) is 20.3 Å². The lowest BCUT2D eigenvalue weighted by Crippen LogP contribution is -1.67. The van der Waals surface area contributed by atoms with E-state index in [1.807, 2.05) is 19.9 Å². The second-order valence-corrected chi connectivity index (χ2v) is 2.14. The molecule has 0 aliphatic heterocycles. The van der Waals surface area contributed by atoms with Crippen LogP contribution in [0.15, 0.2) is 36.2 Å². The molecule has 10 heavy (non-hydrogen) atoms. The molecule has 0 amide bonds. The van der Waals surface area contributed by atoms with Crippen molar-refractivity contribution in [2.24, 2.45) is 0 Å². The molecule has 1 heteroatoms. The molecule has 0 bridgehead atoms. The fraction of sp³-hybridized carbons (Fsp3) is 0.333. The van der Waals surface area contributed by atoms with Crippen molar-refractivity contribution in [2.45, 2.75) is 20.3 Å². The summed E-state index contributed by atoms with van der Waals surface area (Å²) in [5.74, 6) is -0.399. The molecule has 0 spiro atoms. The van der Waals surface area contributed by atoms with Crippen molar-refractivity contribution < 1.29 is 4.39 Å². The van der Waals surface area contributed by atoms with Gasteiger partial charge in [0.1, 0.15) is 5.83 Å². The minimum atomic E-state index is -0.399. The molecule has 0 heterocycles. The van der Waals surface area contributed by atoms with Crippen LogP contribution in [0.4, 0.5) is 4.39 Å². The zero-order valence-electron chi connectivity index (χ0n) is 6.52. The van der Waals surface area contributed by atoms with Crippen LogP contribution < -0.4 is 0 Å². The van der Waals surface area contributed by atoms with Crippen LogP contribution in [0.5, 0.6) is 0 Å². The highest BCUT2D eigenvalue weighted by molar-refractivity contribution is 5.21. The molecule has 0 saturated heterocycles. The van der Waals surface area contributed by atoms with Crippen LogP contribution >= 0.6 is 0 Å². The summed E-state index contributed by atoms with van der Waals surface area (Å²) in [6, 6.07) is 0. The van der Waals surface area contributed by atoms with Gasteiger partial charge in [-0.05, 0) is 19.4 Å². The van der Waals surface area contributed by atoms with Gasteiger partial charge in [0.2, 0.25) is 0 Å². The normalized spacial score (nSPS) is 12.5. The molecule has 0 fully saturated rings. The third kappa shape index (κ3) is 5.29. The highest BCUT2D eigenvalue weighted by Crippen LogP contribution is 2.00. The predicted molar refractivity (Wildman–Crippen MR) is 43.4 cm³/mol. The topological polar surface area (TPSA) is 0 Å². The molecule has 0 atom stereocenters. The van der Waals surface area contributed by atoms with E-state index in [-0.39, 0.29) is 0 Å². The summed E-state index contributed by atoms with van der Waals surface area (Å²) in [7, 11) is 0. The molecule has 0 aromatic heterocycles. The third-order valence-electron chi connectivity index (χ3n) is 1.05. The van der Waals surface area contributed by atoms with Gasteiger partial charge in [-0.25, -0.2) is 4.39 Å². The van der Waals surface area contributed by atoms with E-state index in [1.165, 1.54) is 6.08 Å². The van der Waals surface area contributed by atoms with Gasteiger partial charge in [-0.3, -0.25) is 0 Å². The summed E-state index contributed by atoms with van der Waals surface area (Å²) in [6.07, 6.45) is 6.09. The van der Waals surface area contributed by atoms with Crippen LogP contribution in [-0.4, -0.2) is 0 Å². The van der Waals surface area contributed by atoms with Gasteiger partial charge in [-0.15, -0.1) is 0 Å². The van der Waals surface area contributed by atoms with Crippen molar-refractivity contribution in [3.8, 4) is 0 Å². The number of rotatable bonds is 3. The molecule has 56 valence electrons. The first-order valence-electron chi connectivity index (χ1n) is 3.36. The van der Waals surface area contributed by atoms with Gasteiger partial charge in [-0.1, -0.05) is 31.2 Å². The SMILES string of the molecule is C=C(F)/C=C\C(C)=C/CC. The Bertz CT molecular complexity index is 164. The molecule has 0 aliphatic rings. The van der Waals surface area contributed by atoms with Crippen LogP contribution in [0.3, 0.4) is 0 Å². The average molecular weight is 140 g/mol. The maximum absolute atomic E-state index is 12.0. The maximum Gasteiger partial charge on any atom is 0.116 e. The molecule has 0 nitrogen and oxygen atoms in total. The molecular weight excluding hydrogens is 127 g/mol.